The molecule has 6 nitrogen and oxygen atoms in total. The van der Waals surface area contributed by atoms with E-state index in [0.29, 0.717) is 11.8 Å². The number of nitrogens with one attached hydrogen (secondary N) is 1. The molecule has 29 heavy (non-hydrogen) atoms. The number of hydrogen-bond acceptors (Lipinski definition) is 4. The molecule has 4 rings (SSSR count). The second-order valence-corrected chi connectivity index (χ2v) is 7.78. The normalized spacial score (nSPS) is 26.5. The Morgan fingerprint density at radius 2 is 1.90 bits per heavy atom. The lowest BCUT2D eigenvalue weighted by Gasteiger charge is -2.45. The summed E-state index contributed by atoms with van der Waals surface area (Å²) in [4.78, 5) is 12.7. The highest BCUT2D eigenvalue weighted by molar-refractivity contribution is 5.92. The van der Waals surface area contributed by atoms with Crippen LogP contribution in [0.2, 0.25) is 0 Å². The zero-order valence-corrected chi connectivity index (χ0v) is 16.4. The minimum absolute atomic E-state index is 0. The highest BCUT2D eigenvalue weighted by atomic mass is 35.5. The predicted octanol–water partition coefficient (Wildman–Crippen LogP) is 3.34. The molecule has 1 amide bonds. The molecule has 2 atom stereocenters. The van der Waals surface area contributed by atoms with Crippen molar-refractivity contribution in [3.63, 3.8) is 0 Å². The third-order valence-electron chi connectivity index (χ3n) is 5.84. The molecule has 1 heterocycles. The molecule has 0 saturated heterocycles. The van der Waals surface area contributed by atoms with Gasteiger partial charge < -0.3 is 11.1 Å². The predicted molar refractivity (Wildman–Crippen MR) is 103 cm³/mol. The summed E-state index contributed by atoms with van der Waals surface area (Å²) < 4.78 is 39.9. The number of amides is 1. The van der Waals surface area contributed by atoms with Crippen molar-refractivity contribution in [2.75, 3.05) is 0 Å². The van der Waals surface area contributed by atoms with E-state index in [2.05, 4.69) is 15.6 Å². The fourth-order valence-corrected chi connectivity index (χ4v) is 4.57. The van der Waals surface area contributed by atoms with Crippen molar-refractivity contribution in [2.24, 2.45) is 17.6 Å². The average Bonchev–Trinajstić information content (AvgIpc) is 3.12. The molecule has 10 heteroatoms. The summed E-state index contributed by atoms with van der Waals surface area (Å²) >= 11 is 0. The van der Waals surface area contributed by atoms with Gasteiger partial charge >= 0.3 is 6.18 Å². The molecule has 0 radical (unpaired) electrons. The third kappa shape index (κ3) is 4.56. The Morgan fingerprint density at radius 1 is 1.21 bits per heavy atom. The maximum atomic E-state index is 12.9. The van der Waals surface area contributed by atoms with Gasteiger partial charge in [-0.15, -0.1) is 17.5 Å². The number of carbonyl (C=O) groups excluding carboxylic acids is 1. The van der Waals surface area contributed by atoms with Crippen molar-refractivity contribution >= 4 is 18.3 Å². The lowest BCUT2D eigenvalue weighted by molar-refractivity contribution is -0.137. The van der Waals surface area contributed by atoms with Gasteiger partial charge in [0, 0.05) is 12.1 Å². The first-order valence-corrected chi connectivity index (χ1v) is 9.47. The fraction of sp³-hybridized carbons (Fsp3) is 0.526. The molecule has 2 saturated carbocycles. The Morgan fingerprint density at radius 3 is 2.55 bits per heavy atom. The van der Waals surface area contributed by atoms with E-state index in [9.17, 15) is 18.0 Å². The number of benzene rings is 1. The topological polar surface area (TPSA) is 85.8 Å². The molecular formula is C19H23ClF3N5O. The Bertz CT molecular complexity index is 858. The molecule has 2 fully saturated rings. The lowest BCUT2D eigenvalue weighted by atomic mass is 9.67. The molecule has 3 N–H and O–H groups in total. The second kappa shape index (κ2) is 8.31. The van der Waals surface area contributed by atoms with E-state index in [-0.39, 0.29) is 41.8 Å². The summed E-state index contributed by atoms with van der Waals surface area (Å²) in [7, 11) is 0. The Hall–Kier alpha value is -2.13. The van der Waals surface area contributed by atoms with Gasteiger partial charge in [-0.25, -0.2) is 4.68 Å². The molecule has 1 aromatic carbocycles. The standard InChI is InChI=1S/C19H22F3N5O.ClH/c20-19(21,22)13-5-2-6-15(9-13)27-10-16(25-26-27)18(28)24-17-11-3-1-4-12(17)8-14(23)7-11;/h2,5-6,9-12,14,17H,1,3-4,7-8,23H2,(H,24,28);1H. The summed E-state index contributed by atoms with van der Waals surface area (Å²) in [6.45, 7) is 0. The van der Waals surface area contributed by atoms with E-state index >= 15 is 0 Å². The van der Waals surface area contributed by atoms with Crippen LogP contribution in [0.1, 0.15) is 48.2 Å². The zero-order valence-electron chi connectivity index (χ0n) is 15.6. The van der Waals surface area contributed by atoms with E-state index < -0.39 is 11.7 Å². The maximum Gasteiger partial charge on any atom is 0.416 e. The average molecular weight is 430 g/mol. The number of nitrogens with two attached hydrogens (primary N) is 1. The van der Waals surface area contributed by atoms with Gasteiger partial charge in [0.2, 0.25) is 0 Å². The van der Waals surface area contributed by atoms with Crippen LogP contribution in [0.4, 0.5) is 13.2 Å². The molecule has 0 aliphatic heterocycles. The quantitative estimate of drug-likeness (QED) is 0.783. The van der Waals surface area contributed by atoms with Gasteiger partial charge in [0.05, 0.1) is 17.4 Å². The zero-order chi connectivity index (χ0) is 19.9. The highest BCUT2D eigenvalue weighted by Gasteiger charge is 2.40. The number of fused-ring (bicyclic) bond motifs is 2. The number of rotatable bonds is 3. The van der Waals surface area contributed by atoms with Gasteiger partial charge in [-0.05, 0) is 55.7 Å². The molecule has 2 aliphatic carbocycles. The maximum absolute atomic E-state index is 12.9. The van der Waals surface area contributed by atoms with Crippen molar-refractivity contribution in [2.45, 2.75) is 50.4 Å². The van der Waals surface area contributed by atoms with Crippen molar-refractivity contribution in [3.8, 4) is 5.69 Å². The Labute approximate surface area is 172 Å². The van der Waals surface area contributed by atoms with Gasteiger partial charge in [0.1, 0.15) is 0 Å². The monoisotopic (exact) mass is 429 g/mol. The van der Waals surface area contributed by atoms with Crippen LogP contribution in [0, 0.1) is 11.8 Å². The number of nitrogens with zero attached hydrogens (tertiary/aromatic N) is 3. The first kappa shape index (κ1) is 21.6. The van der Waals surface area contributed by atoms with Gasteiger partial charge in [-0.1, -0.05) is 17.7 Å². The molecule has 2 unspecified atom stereocenters. The van der Waals surface area contributed by atoms with Crippen molar-refractivity contribution in [3.05, 3.63) is 41.7 Å². The molecule has 1 aromatic heterocycles. The Kier molecular flexibility index (Phi) is 6.19. The third-order valence-corrected chi connectivity index (χ3v) is 5.84. The van der Waals surface area contributed by atoms with Crippen LogP contribution < -0.4 is 11.1 Å². The van der Waals surface area contributed by atoms with Crippen LogP contribution in [0.3, 0.4) is 0 Å². The van der Waals surface area contributed by atoms with Crippen molar-refractivity contribution in [1.29, 1.82) is 0 Å². The van der Waals surface area contributed by atoms with Gasteiger partial charge in [0.15, 0.2) is 5.69 Å². The van der Waals surface area contributed by atoms with E-state index in [0.717, 1.165) is 44.2 Å². The molecule has 2 aliphatic rings. The van der Waals surface area contributed by atoms with E-state index in [4.69, 9.17) is 5.73 Å². The minimum Gasteiger partial charge on any atom is -0.347 e. The number of halogens is 4. The van der Waals surface area contributed by atoms with Crippen LogP contribution in [0.5, 0.6) is 0 Å². The number of alkyl halides is 3. The molecule has 0 spiro atoms. The van der Waals surface area contributed by atoms with Crippen LogP contribution >= 0.6 is 12.4 Å². The van der Waals surface area contributed by atoms with Crippen LogP contribution in [-0.2, 0) is 6.18 Å². The first-order valence-electron chi connectivity index (χ1n) is 9.47. The smallest absolute Gasteiger partial charge is 0.347 e. The van der Waals surface area contributed by atoms with Crippen molar-refractivity contribution in [1.82, 2.24) is 20.3 Å². The summed E-state index contributed by atoms with van der Waals surface area (Å²) in [5.74, 6) is 0.380. The van der Waals surface area contributed by atoms with Gasteiger partial charge in [-0.2, -0.15) is 13.2 Å². The SMILES string of the molecule is Cl.NC1CC2CCCC(C1)C2NC(=O)c1cn(-c2cccc(C(F)(F)F)c2)nn1. The summed E-state index contributed by atoms with van der Waals surface area (Å²) in [5.41, 5.74) is 5.63. The van der Waals surface area contributed by atoms with E-state index in [1.807, 2.05) is 0 Å². The van der Waals surface area contributed by atoms with E-state index in [1.54, 1.807) is 0 Å². The molecule has 2 aromatic rings. The molecular weight excluding hydrogens is 407 g/mol. The largest absolute Gasteiger partial charge is 0.416 e. The summed E-state index contributed by atoms with van der Waals surface area (Å²) in [5, 5.41) is 10.7. The number of carbonyl (C=O) groups is 1. The lowest BCUT2D eigenvalue weighted by Crippen LogP contribution is -2.53. The first-order chi connectivity index (χ1) is 13.3. The van der Waals surface area contributed by atoms with Crippen molar-refractivity contribution < 1.29 is 18.0 Å². The van der Waals surface area contributed by atoms with Crippen LogP contribution in [0.15, 0.2) is 30.5 Å². The molecule has 158 valence electrons. The summed E-state index contributed by atoms with van der Waals surface area (Å²) in [6, 6.07) is 5.00. The van der Waals surface area contributed by atoms with Crippen LogP contribution in [0.25, 0.3) is 5.69 Å². The summed E-state index contributed by atoms with van der Waals surface area (Å²) in [6.07, 6.45) is 1.96. The van der Waals surface area contributed by atoms with Crippen LogP contribution in [-0.4, -0.2) is 33.0 Å². The number of hydrogen-bond donors (Lipinski definition) is 2. The second-order valence-electron chi connectivity index (χ2n) is 7.78. The minimum atomic E-state index is -4.45. The van der Waals surface area contributed by atoms with E-state index in [1.165, 1.54) is 23.0 Å². The number of aromatic nitrogens is 3. The Balaban J connectivity index is 0.00000240. The highest BCUT2D eigenvalue weighted by Crippen LogP contribution is 2.39. The molecule has 2 bridgehead atoms. The van der Waals surface area contributed by atoms with Gasteiger partial charge in [-0.3, -0.25) is 4.79 Å². The fourth-order valence-electron chi connectivity index (χ4n) is 4.57. The van der Waals surface area contributed by atoms with Gasteiger partial charge in [0.25, 0.3) is 5.91 Å².